The van der Waals surface area contributed by atoms with Gasteiger partial charge in [0.25, 0.3) is 5.91 Å². The number of likely N-dealkylation sites (tertiary alicyclic amines) is 1. The first kappa shape index (κ1) is 18.0. The Kier molecular flexibility index (Phi) is 5.30. The molecule has 136 valence electrons. The van der Waals surface area contributed by atoms with Crippen LogP contribution in [0.5, 0.6) is 0 Å². The standard InChI is InChI=1S/C20H22FN3O2/c1-13-5-7-16(10-17(13)21)20(26)24-9-3-4-19(24)18-8-6-15(12-23-18)11-22-14(2)25/h5-8,10,12,19H,3-4,9,11H2,1-2H3,(H,22,25)/t19-/m1/s1. The number of amides is 2. The lowest BCUT2D eigenvalue weighted by Gasteiger charge is -2.24. The van der Waals surface area contributed by atoms with Crippen LogP contribution in [0.25, 0.3) is 0 Å². The first-order valence-electron chi connectivity index (χ1n) is 8.72. The largest absolute Gasteiger partial charge is 0.352 e. The molecule has 1 atom stereocenters. The predicted molar refractivity (Wildman–Crippen MR) is 95.9 cm³/mol. The minimum absolute atomic E-state index is 0.0908. The number of hydrogen-bond acceptors (Lipinski definition) is 3. The Morgan fingerprint density at radius 2 is 2.12 bits per heavy atom. The number of pyridine rings is 1. The van der Waals surface area contributed by atoms with E-state index in [0.29, 0.717) is 24.2 Å². The number of hydrogen-bond donors (Lipinski definition) is 1. The van der Waals surface area contributed by atoms with Gasteiger partial charge in [-0.2, -0.15) is 0 Å². The maximum atomic E-state index is 13.8. The van der Waals surface area contributed by atoms with Gasteiger partial charge in [0.15, 0.2) is 0 Å². The van der Waals surface area contributed by atoms with E-state index in [9.17, 15) is 14.0 Å². The van der Waals surface area contributed by atoms with Crippen molar-refractivity contribution in [2.45, 2.75) is 39.3 Å². The lowest BCUT2D eigenvalue weighted by molar-refractivity contribution is -0.119. The highest BCUT2D eigenvalue weighted by molar-refractivity contribution is 5.94. The number of halogens is 1. The van der Waals surface area contributed by atoms with Crippen molar-refractivity contribution in [2.24, 2.45) is 0 Å². The molecule has 2 aromatic rings. The topological polar surface area (TPSA) is 62.3 Å². The maximum absolute atomic E-state index is 13.8. The number of nitrogens with one attached hydrogen (secondary N) is 1. The molecule has 3 rings (SSSR count). The van der Waals surface area contributed by atoms with E-state index in [2.05, 4.69) is 10.3 Å². The van der Waals surface area contributed by atoms with E-state index >= 15 is 0 Å². The van der Waals surface area contributed by atoms with Crippen LogP contribution in [-0.4, -0.2) is 28.2 Å². The molecule has 5 nitrogen and oxygen atoms in total. The van der Waals surface area contributed by atoms with Crippen molar-refractivity contribution in [3.8, 4) is 0 Å². The van der Waals surface area contributed by atoms with Crippen molar-refractivity contribution in [2.75, 3.05) is 6.54 Å². The minimum atomic E-state index is -0.368. The van der Waals surface area contributed by atoms with E-state index in [4.69, 9.17) is 0 Å². The van der Waals surface area contributed by atoms with Crippen LogP contribution < -0.4 is 5.32 Å². The summed E-state index contributed by atoms with van der Waals surface area (Å²) in [7, 11) is 0. The number of aromatic nitrogens is 1. The average Bonchev–Trinajstić information content (AvgIpc) is 3.12. The molecule has 1 aromatic carbocycles. The fourth-order valence-electron chi connectivity index (χ4n) is 3.17. The van der Waals surface area contributed by atoms with E-state index in [1.165, 1.54) is 13.0 Å². The zero-order valence-electron chi connectivity index (χ0n) is 15.0. The van der Waals surface area contributed by atoms with Gasteiger partial charge in [-0.05, 0) is 49.1 Å². The Balaban J connectivity index is 1.76. The molecule has 0 unspecified atom stereocenters. The Hall–Kier alpha value is -2.76. The Morgan fingerprint density at radius 3 is 2.77 bits per heavy atom. The van der Waals surface area contributed by atoms with E-state index in [0.717, 1.165) is 24.1 Å². The summed E-state index contributed by atoms with van der Waals surface area (Å²) in [5, 5.41) is 2.73. The van der Waals surface area contributed by atoms with Crippen LogP contribution in [-0.2, 0) is 11.3 Å². The summed E-state index contributed by atoms with van der Waals surface area (Å²) >= 11 is 0. The maximum Gasteiger partial charge on any atom is 0.254 e. The highest BCUT2D eigenvalue weighted by Crippen LogP contribution is 2.32. The lowest BCUT2D eigenvalue weighted by atomic mass is 10.1. The second-order valence-electron chi connectivity index (χ2n) is 6.62. The summed E-state index contributed by atoms with van der Waals surface area (Å²) in [6.45, 7) is 4.21. The monoisotopic (exact) mass is 355 g/mol. The molecular formula is C20H22FN3O2. The molecular weight excluding hydrogens is 333 g/mol. The molecule has 0 radical (unpaired) electrons. The summed E-state index contributed by atoms with van der Waals surface area (Å²) in [5.41, 5.74) is 2.61. The van der Waals surface area contributed by atoms with Crippen LogP contribution >= 0.6 is 0 Å². The number of aryl methyl sites for hydroxylation is 1. The number of carbonyl (C=O) groups excluding carboxylic acids is 2. The summed E-state index contributed by atoms with van der Waals surface area (Å²) in [4.78, 5) is 30.1. The number of carbonyl (C=O) groups is 2. The molecule has 0 aliphatic carbocycles. The molecule has 0 spiro atoms. The van der Waals surface area contributed by atoms with Crippen LogP contribution in [0.2, 0.25) is 0 Å². The Labute approximate surface area is 152 Å². The molecule has 1 aliphatic rings. The zero-order chi connectivity index (χ0) is 18.7. The van der Waals surface area contributed by atoms with Gasteiger partial charge in [0.2, 0.25) is 5.91 Å². The first-order valence-corrected chi connectivity index (χ1v) is 8.72. The molecule has 0 saturated carbocycles. The van der Waals surface area contributed by atoms with Gasteiger partial charge in [0.05, 0.1) is 11.7 Å². The molecule has 1 aromatic heterocycles. The van der Waals surface area contributed by atoms with Crippen LogP contribution in [0.3, 0.4) is 0 Å². The van der Waals surface area contributed by atoms with Crippen molar-refractivity contribution in [1.29, 1.82) is 0 Å². The normalized spacial score (nSPS) is 16.6. The lowest BCUT2D eigenvalue weighted by Crippen LogP contribution is -2.31. The SMILES string of the molecule is CC(=O)NCc1ccc([C@H]2CCCN2C(=O)c2ccc(C)c(F)c2)nc1. The second-order valence-corrected chi connectivity index (χ2v) is 6.62. The molecule has 6 heteroatoms. The highest BCUT2D eigenvalue weighted by atomic mass is 19.1. The zero-order valence-corrected chi connectivity index (χ0v) is 15.0. The van der Waals surface area contributed by atoms with Gasteiger partial charge < -0.3 is 10.2 Å². The summed E-state index contributed by atoms with van der Waals surface area (Å²) in [5.74, 6) is -0.630. The van der Waals surface area contributed by atoms with E-state index in [1.54, 1.807) is 30.2 Å². The van der Waals surface area contributed by atoms with Crippen molar-refractivity contribution in [3.63, 3.8) is 0 Å². The van der Waals surface area contributed by atoms with E-state index in [-0.39, 0.29) is 23.7 Å². The molecule has 1 fully saturated rings. The third-order valence-corrected chi connectivity index (χ3v) is 4.66. The average molecular weight is 355 g/mol. The quantitative estimate of drug-likeness (QED) is 0.916. The molecule has 1 aliphatic heterocycles. The summed E-state index contributed by atoms with van der Waals surface area (Å²) in [6, 6.07) is 8.29. The van der Waals surface area contributed by atoms with Gasteiger partial charge in [-0.3, -0.25) is 14.6 Å². The molecule has 1 saturated heterocycles. The molecule has 0 bridgehead atoms. The van der Waals surface area contributed by atoms with Crippen molar-refractivity contribution >= 4 is 11.8 Å². The highest BCUT2D eigenvalue weighted by Gasteiger charge is 2.31. The van der Waals surface area contributed by atoms with Crippen LogP contribution in [0.1, 0.15) is 53.0 Å². The van der Waals surface area contributed by atoms with E-state index < -0.39 is 0 Å². The smallest absolute Gasteiger partial charge is 0.254 e. The predicted octanol–water partition coefficient (Wildman–Crippen LogP) is 3.14. The van der Waals surface area contributed by atoms with Gasteiger partial charge in [-0.1, -0.05) is 12.1 Å². The van der Waals surface area contributed by atoms with Gasteiger partial charge in [0.1, 0.15) is 5.82 Å². The third kappa shape index (κ3) is 3.90. The van der Waals surface area contributed by atoms with Crippen LogP contribution in [0.4, 0.5) is 4.39 Å². The van der Waals surface area contributed by atoms with Crippen LogP contribution in [0.15, 0.2) is 36.5 Å². The molecule has 1 N–H and O–H groups in total. The number of nitrogens with zero attached hydrogens (tertiary/aromatic N) is 2. The number of benzene rings is 1. The van der Waals surface area contributed by atoms with Crippen molar-refractivity contribution in [3.05, 3.63) is 64.7 Å². The fourth-order valence-corrected chi connectivity index (χ4v) is 3.17. The van der Waals surface area contributed by atoms with Gasteiger partial charge in [-0.25, -0.2) is 4.39 Å². The fraction of sp³-hybridized carbons (Fsp3) is 0.350. The van der Waals surface area contributed by atoms with Crippen LogP contribution in [0, 0.1) is 12.7 Å². The Bertz CT molecular complexity index is 820. The van der Waals surface area contributed by atoms with Gasteiger partial charge >= 0.3 is 0 Å². The van der Waals surface area contributed by atoms with Crippen molar-refractivity contribution in [1.82, 2.24) is 15.2 Å². The third-order valence-electron chi connectivity index (χ3n) is 4.66. The van der Waals surface area contributed by atoms with Gasteiger partial charge in [-0.15, -0.1) is 0 Å². The number of rotatable bonds is 4. The van der Waals surface area contributed by atoms with Gasteiger partial charge in [0, 0.05) is 31.8 Å². The molecule has 26 heavy (non-hydrogen) atoms. The summed E-state index contributed by atoms with van der Waals surface area (Å²) < 4.78 is 13.8. The van der Waals surface area contributed by atoms with Crippen molar-refractivity contribution < 1.29 is 14.0 Å². The molecule has 2 amide bonds. The minimum Gasteiger partial charge on any atom is -0.352 e. The summed E-state index contributed by atoms with van der Waals surface area (Å²) in [6.07, 6.45) is 3.44. The molecule has 2 heterocycles. The van der Waals surface area contributed by atoms with E-state index in [1.807, 2.05) is 12.1 Å². The Morgan fingerprint density at radius 1 is 1.31 bits per heavy atom. The first-order chi connectivity index (χ1) is 12.5. The second kappa shape index (κ2) is 7.64.